The Hall–Kier alpha value is -1.47. The van der Waals surface area contributed by atoms with Crippen LogP contribution < -0.4 is 0 Å². The number of pyridine rings is 1. The van der Waals surface area contributed by atoms with Crippen molar-refractivity contribution < 1.29 is 9.90 Å². The molecule has 1 N–H and O–H groups in total. The summed E-state index contributed by atoms with van der Waals surface area (Å²) in [5, 5.41) is 9.64. The maximum absolute atomic E-state index is 11.2. The summed E-state index contributed by atoms with van der Waals surface area (Å²) < 4.78 is 4.56. The van der Waals surface area contributed by atoms with Crippen LogP contribution in [0.5, 0.6) is 0 Å². The van der Waals surface area contributed by atoms with Crippen LogP contribution in [0.1, 0.15) is 21.6 Å². The van der Waals surface area contributed by atoms with Crippen LogP contribution in [0.15, 0.2) is 21.8 Å². The predicted molar refractivity (Wildman–Crippen MR) is 64.7 cm³/mol. The van der Waals surface area contributed by atoms with Gasteiger partial charge in [0.25, 0.3) is 0 Å². The molecule has 88 valence electrons. The van der Waals surface area contributed by atoms with Crippen LogP contribution in [0.2, 0.25) is 0 Å². The second-order valence-electron chi connectivity index (χ2n) is 3.38. The lowest BCUT2D eigenvalue weighted by molar-refractivity contribution is 0.0691. The Bertz CT molecular complexity index is 555. The van der Waals surface area contributed by atoms with Crippen LogP contribution in [0, 0.1) is 13.8 Å². The van der Waals surface area contributed by atoms with Crippen LogP contribution in [0.4, 0.5) is 0 Å². The summed E-state index contributed by atoms with van der Waals surface area (Å²) in [5.41, 5.74) is 1.73. The monoisotopic (exact) mass is 267 g/mol. The molecule has 0 aliphatic heterocycles. The molecule has 0 saturated heterocycles. The Balaban J connectivity index is 2.47. The zero-order valence-electron chi connectivity index (χ0n) is 9.17. The highest BCUT2D eigenvalue weighted by molar-refractivity contribution is 8.01. The normalized spacial score (nSPS) is 10.5. The molecule has 5 nitrogen and oxygen atoms in total. The van der Waals surface area contributed by atoms with E-state index in [2.05, 4.69) is 14.3 Å². The molecule has 7 heteroatoms. The first-order valence-corrected chi connectivity index (χ1v) is 6.33. The number of aromatic nitrogens is 3. The van der Waals surface area contributed by atoms with Crippen molar-refractivity contribution in [1.82, 2.24) is 14.3 Å². The van der Waals surface area contributed by atoms with Gasteiger partial charge in [-0.3, -0.25) is 0 Å². The Kier molecular flexibility index (Phi) is 3.39. The third kappa shape index (κ3) is 2.62. The van der Waals surface area contributed by atoms with Gasteiger partial charge in [-0.05, 0) is 48.8 Å². The Morgan fingerprint density at radius 1 is 1.47 bits per heavy atom. The van der Waals surface area contributed by atoms with Gasteiger partial charge in [0, 0.05) is 5.69 Å². The molecular formula is C10H9N3O2S2. The zero-order chi connectivity index (χ0) is 12.4. The van der Waals surface area contributed by atoms with Crippen LogP contribution in [0.3, 0.4) is 0 Å². The van der Waals surface area contributed by atoms with Crippen molar-refractivity contribution in [1.29, 1.82) is 0 Å². The van der Waals surface area contributed by atoms with Gasteiger partial charge < -0.3 is 5.11 Å². The standard InChI is InChI=1S/C10H9N3O2S2/c1-5-3-6(2)13-8(7(5)9(14)15)16-10-11-4-12-17-10/h3-4H,1-2H3,(H,14,15). The van der Waals surface area contributed by atoms with Gasteiger partial charge in [-0.2, -0.15) is 4.37 Å². The molecule has 2 aromatic heterocycles. The molecule has 0 atom stereocenters. The minimum absolute atomic E-state index is 0.232. The fourth-order valence-electron chi connectivity index (χ4n) is 1.43. The van der Waals surface area contributed by atoms with E-state index in [0.29, 0.717) is 14.9 Å². The SMILES string of the molecule is Cc1cc(C)c(C(=O)O)c(Sc2ncns2)n1. The molecule has 0 unspecified atom stereocenters. The van der Waals surface area contributed by atoms with E-state index in [1.807, 2.05) is 6.92 Å². The summed E-state index contributed by atoms with van der Waals surface area (Å²) >= 11 is 2.45. The maximum Gasteiger partial charge on any atom is 0.338 e. The maximum atomic E-state index is 11.2. The first-order chi connectivity index (χ1) is 8.08. The number of hydrogen-bond donors (Lipinski definition) is 1. The Morgan fingerprint density at radius 2 is 2.24 bits per heavy atom. The quantitative estimate of drug-likeness (QED) is 0.920. The molecule has 0 saturated carbocycles. The summed E-state index contributed by atoms with van der Waals surface area (Å²) in [4.78, 5) is 19.5. The smallest absolute Gasteiger partial charge is 0.338 e. The third-order valence-corrected chi connectivity index (χ3v) is 3.75. The third-order valence-electron chi connectivity index (χ3n) is 2.05. The number of nitrogens with zero attached hydrogens (tertiary/aromatic N) is 3. The van der Waals surface area contributed by atoms with Gasteiger partial charge in [0.2, 0.25) is 0 Å². The van der Waals surface area contributed by atoms with E-state index in [1.165, 1.54) is 29.6 Å². The summed E-state index contributed by atoms with van der Waals surface area (Å²) in [5.74, 6) is -0.970. The summed E-state index contributed by atoms with van der Waals surface area (Å²) in [6.45, 7) is 3.60. The molecule has 0 radical (unpaired) electrons. The molecule has 0 aliphatic rings. The van der Waals surface area contributed by atoms with Gasteiger partial charge in [-0.15, -0.1) is 0 Å². The number of carboxylic acid groups (broad SMARTS) is 1. The van der Waals surface area contributed by atoms with E-state index in [9.17, 15) is 9.90 Å². The Morgan fingerprint density at radius 3 is 2.82 bits per heavy atom. The largest absolute Gasteiger partial charge is 0.478 e. The highest BCUT2D eigenvalue weighted by Gasteiger charge is 2.17. The molecular weight excluding hydrogens is 258 g/mol. The number of carbonyl (C=O) groups is 1. The molecule has 0 amide bonds. The first kappa shape index (κ1) is 12.0. The zero-order valence-corrected chi connectivity index (χ0v) is 10.8. The number of rotatable bonds is 3. The average Bonchev–Trinajstić information content (AvgIpc) is 2.68. The number of carboxylic acids is 1. The fourth-order valence-corrected chi connectivity index (χ4v) is 3.03. The first-order valence-electron chi connectivity index (χ1n) is 4.74. The van der Waals surface area contributed by atoms with Crippen LogP contribution in [-0.2, 0) is 0 Å². The molecule has 0 aromatic carbocycles. The molecule has 0 fully saturated rings. The van der Waals surface area contributed by atoms with Gasteiger partial charge in [-0.1, -0.05) is 0 Å². The lowest BCUT2D eigenvalue weighted by Gasteiger charge is -2.07. The number of hydrogen-bond acceptors (Lipinski definition) is 6. The molecule has 2 aromatic rings. The molecule has 0 aliphatic carbocycles. The van der Waals surface area contributed by atoms with Crippen molar-refractivity contribution in [2.45, 2.75) is 23.2 Å². The number of aromatic carboxylic acids is 1. The second kappa shape index (κ2) is 4.80. The predicted octanol–water partition coefficient (Wildman–Crippen LogP) is 2.40. The summed E-state index contributed by atoms with van der Waals surface area (Å²) in [6, 6.07) is 1.76. The Labute approximate surface area is 106 Å². The van der Waals surface area contributed by atoms with Crippen LogP contribution in [0.25, 0.3) is 0 Å². The minimum Gasteiger partial charge on any atom is -0.478 e. The molecule has 0 spiro atoms. The second-order valence-corrected chi connectivity index (χ2v) is 5.39. The molecule has 0 bridgehead atoms. The molecule has 17 heavy (non-hydrogen) atoms. The van der Waals surface area contributed by atoms with Crippen LogP contribution in [-0.4, -0.2) is 25.4 Å². The summed E-state index contributed by atoms with van der Waals surface area (Å²) in [6.07, 6.45) is 1.44. The van der Waals surface area contributed by atoms with Crippen molar-refractivity contribution >= 4 is 29.3 Å². The van der Waals surface area contributed by atoms with Gasteiger partial charge in [0.1, 0.15) is 11.4 Å². The van der Waals surface area contributed by atoms with E-state index < -0.39 is 5.97 Å². The van der Waals surface area contributed by atoms with E-state index in [4.69, 9.17) is 0 Å². The van der Waals surface area contributed by atoms with Gasteiger partial charge >= 0.3 is 5.97 Å². The van der Waals surface area contributed by atoms with Crippen molar-refractivity contribution in [3.8, 4) is 0 Å². The van der Waals surface area contributed by atoms with Crippen molar-refractivity contribution in [2.24, 2.45) is 0 Å². The van der Waals surface area contributed by atoms with E-state index in [1.54, 1.807) is 13.0 Å². The molecule has 2 rings (SSSR count). The highest BCUT2D eigenvalue weighted by atomic mass is 32.2. The van der Waals surface area contributed by atoms with Crippen molar-refractivity contribution in [3.63, 3.8) is 0 Å². The minimum atomic E-state index is -0.970. The lowest BCUT2D eigenvalue weighted by atomic mass is 10.1. The highest BCUT2D eigenvalue weighted by Crippen LogP contribution is 2.31. The van der Waals surface area contributed by atoms with Crippen molar-refractivity contribution in [3.05, 3.63) is 29.2 Å². The summed E-state index contributed by atoms with van der Waals surface area (Å²) in [7, 11) is 0. The van der Waals surface area contributed by atoms with E-state index in [0.717, 1.165) is 5.69 Å². The van der Waals surface area contributed by atoms with Crippen LogP contribution >= 0.6 is 23.3 Å². The lowest BCUT2D eigenvalue weighted by Crippen LogP contribution is -2.05. The number of aryl methyl sites for hydroxylation is 2. The van der Waals surface area contributed by atoms with Gasteiger partial charge in [-0.25, -0.2) is 14.8 Å². The topological polar surface area (TPSA) is 76.0 Å². The van der Waals surface area contributed by atoms with Gasteiger partial charge in [0.05, 0.1) is 5.56 Å². The molecule has 2 heterocycles. The van der Waals surface area contributed by atoms with Crippen molar-refractivity contribution in [2.75, 3.05) is 0 Å². The fraction of sp³-hybridized carbons (Fsp3) is 0.200. The van der Waals surface area contributed by atoms with Gasteiger partial charge in [0.15, 0.2) is 4.34 Å². The van der Waals surface area contributed by atoms with E-state index >= 15 is 0 Å². The van der Waals surface area contributed by atoms with E-state index in [-0.39, 0.29) is 5.56 Å². The average molecular weight is 267 g/mol.